The van der Waals surface area contributed by atoms with Gasteiger partial charge in [0, 0.05) is 0 Å². The molecular formula is C19H25N6O2S+. The van der Waals surface area contributed by atoms with E-state index in [0.29, 0.717) is 34.9 Å². The summed E-state index contributed by atoms with van der Waals surface area (Å²) in [7, 11) is 0.459. The van der Waals surface area contributed by atoms with Crippen LogP contribution < -0.4 is 19.8 Å². The number of aromatic amines is 2. The second kappa shape index (κ2) is 8.66. The van der Waals surface area contributed by atoms with Gasteiger partial charge in [-0.2, -0.15) is 0 Å². The Kier molecular flexibility index (Phi) is 5.82. The van der Waals surface area contributed by atoms with Gasteiger partial charge in [-0.15, -0.1) is 0 Å². The van der Waals surface area contributed by atoms with E-state index in [2.05, 4.69) is 30.0 Å². The number of nitrogens with zero attached hydrogens (tertiary/aromatic N) is 2. The molecule has 8 nitrogen and oxygen atoms in total. The minimum Gasteiger partial charge on any atom is -0.466 e. The van der Waals surface area contributed by atoms with Crippen molar-refractivity contribution in [3.63, 3.8) is 0 Å². The highest BCUT2D eigenvalue weighted by molar-refractivity contribution is 7.83. The molecule has 9 heteroatoms. The van der Waals surface area contributed by atoms with Crippen molar-refractivity contribution in [3.8, 4) is 5.88 Å². The highest BCUT2D eigenvalue weighted by Gasteiger charge is 2.20. The fraction of sp³-hybridized carbons (Fsp3) is 0.421. The average Bonchev–Trinajstić information content (AvgIpc) is 3.21. The molecule has 0 amide bonds. The van der Waals surface area contributed by atoms with Gasteiger partial charge in [0.05, 0.1) is 23.5 Å². The maximum Gasteiger partial charge on any atom is 0.399 e. The first-order valence-corrected chi connectivity index (χ1v) is 10.7. The minimum atomic E-state index is -1.20. The third-order valence-electron chi connectivity index (χ3n) is 5.00. The maximum atomic E-state index is 11.8. The molecule has 0 spiro atoms. The molecule has 1 unspecified atom stereocenters. The monoisotopic (exact) mass is 401 g/mol. The summed E-state index contributed by atoms with van der Waals surface area (Å²) in [5.74, 6) is 1.79. The number of hydrogen-bond acceptors (Lipinski definition) is 5. The molecule has 0 saturated heterocycles. The number of ether oxygens (including phenoxy) is 1. The predicted octanol–water partition coefficient (Wildman–Crippen LogP) is 2.72. The summed E-state index contributed by atoms with van der Waals surface area (Å²) in [5.41, 5.74) is 2.18. The Hall–Kier alpha value is -2.52. The Morgan fingerprint density at radius 2 is 2.04 bits per heavy atom. The van der Waals surface area contributed by atoms with Crippen LogP contribution in [-0.2, 0) is 11.0 Å². The first-order chi connectivity index (χ1) is 13.7. The molecule has 4 rings (SSSR count). The lowest BCUT2D eigenvalue weighted by Gasteiger charge is -2.21. The average molecular weight is 402 g/mol. The first kappa shape index (κ1) is 18.8. The number of H-pyrrole nitrogens is 2. The Morgan fingerprint density at radius 1 is 1.25 bits per heavy atom. The van der Waals surface area contributed by atoms with Crippen LogP contribution in [0.1, 0.15) is 32.1 Å². The van der Waals surface area contributed by atoms with Crippen molar-refractivity contribution in [2.24, 2.45) is 5.92 Å². The van der Waals surface area contributed by atoms with Crippen LogP contribution in [0.2, 0.25) is 0 Å². The minimum absolute atomic E-state index is 0.542. The SMILES string of the molecule is CNS(=O)c1ccc(Nc2nc3nc[nH]c3c(OCC3CCCCC3)[nH+]2)cc1. The molecule has 2 heterocycles. The molecule has 28 heavy (non-hydrogen) atoms. The number of nitrogens with one attached hydrogen (secondary N) is 4. The lowest BCUT2D eigenvalue weighted by molar-refractivity contribution is -0.380. The second-order valence-electron chi connectivity index (χ2n) is 6.95. The molecule has 0 radical (unpaired) electrons. The van der Waals surface area contributed by atoms with Crippen LogP contribution in [0.25, 0.3) is 11.2 Å². The van der Waals surface area contributed by atoms with Crippen LogP contribution in [-0.4, -0.2) is 32.8 Å². The van der Waals surface area contributed by atoms with E-state index in [1.807, 2.05) is 24.3 Å². The van der Waals surface area contributed by atoms with Crippen LogP contribution in [0.4, 0.5) is 11.6 Å². The Morgan fingerprint density at radius 3 is 2.79 bits per heavy atom. The normalized spacial score (nSPS) is 16.2. The van der Waals surface area contributed by atoms with Crippen molar-refractivity contribution in [3.05, 3.63) is 30.6 Å². The maximum absolute atomic E-state index is 11.8. The molecule has 3 aromatic rings. The van der Waals surface area contributed by atoms with Crippen LogP contribution in [0.15, 0.2) is 35.5 Å². The first-order valence-electron chi connectivity index (χ1n) is 9.58. The topological polar surface area (TPSA) is 106 Å². The lowest BCUT2D eigenvalue weighted by atomic mass is 9.90. The molecule has 148 valence electrons. The second-order valence-corrected chi connectivity index (χ2v) is 8.37. The van der Waals surface area contributed by atoms with Gasteiger partial charge in [-0.25, -0.2) is 24.2 Å². The van der Waals surface area contributed by atoms with Gasteiger partial charge in [-0.05, 0) is 55.1 Å². The van der Waals surface area contributed by atoms with Gasteiger partial charge in [-0.1, -0.05) is 19.3 Å². The molecule has 1 aliphatic rings. The van der Waals surface area contributed by atoms with Crippen molar-refractivity contribution >= 4 is 33.8 Å². The number of imidazole rings is 1. The van der Waals surface area contributed by atoms with E-state index in [1.165, 1.54) is 32.1 Å². The van der Waals surface area contributed by atoms with E-state index in [1.54, 1.807) is 13.4 Å². The number of hydrogen-bond donors (Lipinski definition) is 3. The Bertz CT molecular complexity index is 953. The standard InChI is InChI=1S/C19H24N6O2S/c1-20-28(26)15-9-7-14(8-10-15)23-19-24-17-16(21-12-22-17)18(25-19)27-11-13-5-3-2-4-6-13/h7-10,12-13,20H,2-6,11H2,1H3,(H2,21,22,23,24,25)/p+1. The molecule has 0 aliphatic heterocycles. The summed E-state index contributed by atoms with van der Waals surface area (Å²) in [4.78, 5) is 15.8. The van der Waals surface area contributed by atoms with Crippen molar-refractivity contribution in [1.82, 2.24) is 19.7 Å². The van der Waals surface area contributed by atoms with Crippen LogP contribution >= 0.6 is 0 Å². The predicted molar refractivity (Wildman–Crippen MR) is 108 cm³/mol. The van der Waals surface area contributed by atoms with Gasteiger partial charge in [0.2, 0.25) is 0 Å². The van der Waals surface area contributed by atoms with E-state index < -0.39 is 11.0 Å². The third-order valence-corrected chi connectivity index (χ3v) is 6.07. The molecule has 0 bridgehead atoms. The van der Waals surface area contributed by atoms with Crippen molar-refractivity contribution in [1.29, 1.82) is 0 Å². The summed E-state index contributed by atoms with van der Waals surface area (Å²) in [6.07, 6.45) is 7.97. The molecule has 1 saturated carbocycles. The van der Waals surface area contributed by atoms with Crippen LogP contribution in [0.3, 0.4) is 0 Å². The number of benzene rings is 1. The van der Waals surface area contributed by atoms with Crippen molar-refractivity contribution in [2.45, 2.75) is 37.0 Å². The van der Waals surface area contributed by atoms with Crippen molar-refractivity contribution in [2.75, 3.05) is 19.0 Å². The number of rotatable bonds is 7. The molecular weight excluding hydrogens is 376 g/mol. The van der Waals surface area contributed by atoms with Gasteiger partial charge >= 0.3 is 5.95 Å². The smallest absolute Gasteiger partial charge is 0.399 e. The molecule has 1 aliphatic carbocycles. The van der Waals surface area contributed by atoms with E-state index in [-0.39, 0.29) is 0 Å². The molecule has 2 aromatic heterocycles. The van der Waals surface area contributed by atoms with Crippen LogP contribution in [0.5, 0.6) is 5.88 Å². The highest BCUT2D eigenvalue weighted by Crippen LogP contribution is 2.25. The van der Waals surface area contributed by atoms with Gasteiger partial charge < -0.3 is 9.72 Å². The fourth-order valence-corrected chi connectivity index (χ4v) is 4.10. The fourth-order valence-electron chi connectivity index (χ4n) is 3.48. The van der Waals surface area contributed by atoms with E-state index in [9.17, 15) is 4.21 Å². The molecule has 4 N–H and O–H groups in total. The number of fused-ring (bicyclic) bond motifs is 1. The third kappa shape index (κ3) is 4.31. The number of anilines is 2. The van der Waals surface area contributed by atoms with E-state index >= 15 is 0 Å². The summed E-state index contributed by atoms with van der Waals surface area (Å²) in [6.45, 7) is 0.693. The zero-order valence-corrected chi connectivity index (χ0v) is 16.6. The summed E-state index contributed by atoms with van der Waals surface area (Å²) >= 11 is 0. The largest absolute Gasteiger partial charge is 0.466 e. The summed E-state index contributed by atoms with van der Waals surface area (Å²) < 4.78 is 20.6. The van der Waals surface area contributed by atoms with Crippen LogP contribution in [0, 0.1) is 5.92 Å². The zero-order chi connectivity index (χ0) is 19.3. The van der Waals surface area contributed by atoms with Gasteiger partial charge in [0.1, 0.15) is 11.0 Å². The Labute approximate surface area is 166 Å². The molecule has 1 aromatic carbocycles. The summed E-state index contributed by atoms with van der Waals surface area (Å²) in [6, 6.07) is 7.33. The Balaban J connectivity index is 1.51. The zero-order valence-electron chi connectivity index (χ0n) is 15.8. The van der Waals surface area contributed by atoms with Gasteiger partial charge in [0.25, 0.3) is 11.5 Å². The quantitative estimate of drug-likeness (QED) is 0.564. The molecule has 1 atom stereocenters. The van der Waals surface area contributed by atoms with Crippen molar-refractivity contribution < 1.29 is 13.9 Å². The molecule has 1 fully saturated rings. The number of aromatic nitrogens is 4. The van der Waals surface area contributed by atoms with E-state index in [4.69, 9.17) is 4.74 Å². The van der Waals surface area contributed by atoms with Gasteiger partial charge in [-0.3, -0.25) is 0 Å². The highest BCUT2D eigenvalue weighted by atomic mass is 32.2. The van der Waals surface area contributed by atoms with E-state index in [0.717, 1.165) is 11.2 Å². The lowest BCUT2D eigenvalue weighted by Crippen LogP contribution is -2.21. The van der Waals surface area contributed by atoms with Gasteiger partial charge in [0.15, 0.2) is 5.52 Å². The summed E-state index contributed by atoms with van der Waals surface area (Å²) in [5, 5.41) is 3.23.